The van der Waals surface area contributed by atoms with Crippen molar-refractivity contribution in [2.75, 3.05) is 19.6 Å². The van der Waals surface area contributed by atoms with Crippen LogP contribution in [0.4, 0.5) is 0 Å². The van der Waals surface area contributed by atoms with E-state index in [-0.39, 0.29) is 11.9 Å². The van der Waals surface area contributed by atoms with E-state index >= 15 is 0 Å². The molecule has 0 radical (unpaired) electrons. The largest absolute Gasteiger partial charge is 0.368 e. The summed E-state index contributed by atoms with van der Waals surface area (Å²) < 4.78 is 0. The Labute approximate surface area is 111 Å². The molecular formula is C14H29N3O. The zero-order chi connectivity index (χ0) is 13.4. The number of rotatable bonds is 7. The van der Waals surface area contributed by atoms with Gasteiger partial charge in [-0.15, -0.1) is 0 Å². The van der Waals surface area contributed by atoms with E-state index in [0.29, 0.717) is 6.04 Å². The molecular weight excluding hydrogens is 226 g/mol. The van der Waals surface area contributed by atoms with Crippen LogP contribution < -0.4 is 11.1 Å². The molecule has 18 heavy (non-hydrogen) atoms. The minimum Gasteiger partial charge on any atom is -0.368 e. The fraction of sp³-hybridized carbons (Fsp3) is 0.929. The number of amides is 1. The minimum atomic E-state index is -0.220. The normalized spacial score (nSPS) is 23.6. The van der Waals surface area contributed by atoms with Gasteiger partial charge in [-0.2, -0.15) is 0 Å². The van der Waals surface area contributed by atoms with Crippen molar-refractivity contribution in [3.05, 3.63) is 0 Å². The van der Waals surface area contributed by atoms with Crippen molar-refractivity contribution in [3.63, 3.8) is 0 Å². The Morgan fingerprint density at radius 1 is 1.39 bits per heavy atom. The highest BCUT2D eigenvalue weighted by atomic mass is 16.1. The van der Waals surface area contributed by atoms with E-state index in [4.69, 9.17) is 5.73 Å². The van der Waals surface area contributed by atoms with Gasteiger partial charge in [0.15, 0.2) is 0 Å². The first kappa shape index (κ1) is 15.4. The lowest BCUT2D eigenvalue weighted by molar-refractivity contribution is -0.120. The smallest absolute Gasteiger partial charge is 0.235 e. The number of carbonyl (C=O) groups is 1. The number of nitrogens with zero attached hydrogens (tertiary/aromatic N) is 1. The molecule has 1 rings (SSSR count). The quantitative estimate of drug-likeness (QED) is 0.725. The molecule has 0 spiro atoms. The van der Waals surface area contributed by atoms with Crippen LogP contribution >= 0.6 is 0 Å². The molecule has 1 amide bonds. The third-order valence-corrected chi connectivity index (χ3v) is 3.87. The number of primary amides is 1. The van der Waals surface area contributed by atoms with E-state index in [1.165, 1.54) is 32.1 Å². The number of hydrogen-bond acceptors (Lipinski definition) is 3. The van der Waals surface area contributed by atoms with Crippen LogP contribution in [0.15, 0.2) is 0 Å². The maximum absolute atomic E-state index is 11.5. The summed E-state index contributed by atoms with van der Waals surface area (Å²) >= 11 is 0. The van der Waals surface area contributed by atoms with Crippen LogP contribution in [0.3, 0.4) is 0 Å². The summed E-state index contributed by atoms with van der Waals surface area (Å²) in [6.07, 6.45) is 7.33. The van der Waals surface area contributed by atoms with Crippen LogP contribution in [0.2, 0.25) is 0 Å². The molecule has 1 saturated heterocycles. The lowest BCUT2D eigenvalue weighted by Crippen LogP contribution is -2.51. The van der Waals surface area contributed by atoms with E-state index in [0.717, 1.165) is 26.1 Å². The standard InChI is InChI=1S/C14H29N3O/c1-3-9-16-13(14(15)18)11-17-10-7-5-6-8-12(17)4-2/h12-13,16H,3-11H2,1-2H3,(H2,15,18). The van der Waals surface area contributed by atoms with E-state index in [1.807, 2.05) is 0 Å². The van der Waals surface area contributed by atoms with Crippen LogP contribution in [0.25, 0.3) is 0 Å². The van der Waals surface area contributed by atoms with Crippen LogP contribution in [0.5, 0.6) is 0 Å². The van der Waals surface area contributed by atoms with E-state index in [1.54, 1.807) is 0 Å². The Balaban J connectivity index is 2.55. The number of nitrogens with one attached hydrogen (secondary N) is 1. The molecule has 1 fully saturated rings. The first-order valence-electron chi connectivity index (χ1n) is 7.45. The number of nitrogens with two attached hydrogens (primary N) is 1. The molecule has 0 aromatic carbocycles. The summed E-state index contributed by atoms with van der Waals surface area (Å²) in [6, 6.07) is 0.426. The fourth-order valence-corrected chi connectivity index (χ4v) is 2.75. The maximum atomic E-state index is 11.5. The van der Waals surface area contributed by atoms with E-state index in [2.05, 4.69) is 24.1 Å². The molecule has 0 aromatic rings. The molecule has 106 valence electrons. The van der Waals surface area contributed by atoms with Gasteiger partial charge in [0.05, 0.1) is 6.04 Å². The van der Waals surface area contributed by atoms with Gasteiger partial charge < -0.3 is 11.1 Å². The Hall–Kier alpha value is -0.610. The van der Waals surface area contributed by atoms with Crippen molar-refractivity contribution in [1.82, 2.24) is 10.2 Å². The molecule has 1 aliphatic rings. The SMILES string of the molecule is CCCNC(CN1CCCCCC1CC)C(N)=O. The van der Waals surface area contributed by atoms with Crippen LogP contribution in [0.1, 0.15) is 52.4 Å². The number of likely N-dealkylation sites (tertiary alicyclic amines) is 1. The molecule has 0 bridgehead atoms. The molecule has 0 aliphatic carbocycles. The third-order valence-electron chi connectivity index (χ3n) is 3.87. The van der Waals surface area contributed by atoms with Crippen molar-refractivity contribution in [2.24, 2.45) is 5.73 Å². The zero-order valence-corrected chi connectivity index (χ0v) is 12.0. The first-order chi connectivity index (χ1) is 8.69. The number of hydrogen-bond donors (Lipinski definition) is 2. The topological polar surface area (TPSA) is 58.4 Å². The summed E-state index contributed by atoms with van der Waals surface area (Å²) in [5, 5.41) is 3.27. The second kappa shape index (κ2) is 8.48. The second-order valence-electron chi connectivity index (χ2n) is 5.32. The molecule has 1 heterocycles. The molecule has 2 atom stereocenters. The van der Waals surface area contributed by atoms with Gasteiger partial charge in [-0.25, -0.2) is 0 Å². The summed E-state index contributed by atoms with van der Waals surface area (Å²) in [7, 11) is 0. The van der Waals surface area contributed by atoms with Crippen molar-refractivity contribution in [3.8, 4) is 0 Å². The van der Waals surface area contributed by atoms with Gasteiger partial charge in [-0.05, 0) is 38.8 Å². The lowest BCUT2D eigenvalue weighted by atomic mass is 10.1. The Bertz CT molecular complexity index is 245. The van der Waals surface area contributed by atoms with Crippen molar-refractivity contribution in [2.45, 2.75) is 64.5 Å². The Kier molecular flexibility index (Phi) is 7.28. The Morgan fingerprint density at radius 3 is 2.78 bits per heavy atom. The molecule has 3 N–H and O–H groups in total. The van der Waals surface area contributed by atoms with E-state index < -0.39 is 0 Å². The van der Waals surface area contributed by atoms with Crippen LogP contribution in [0, 0.1) is 0 Å². The van der Waals surface area contributed by atoms with Gasteiger partial charge in [0.1, 0.15) is 0 Å². The van der Waals surface area contributed by atoms with Gasteiger partial charge in [0.25, 0.3) is 0 Å². The highest BCUT2D eigenvalue weighted by molar-refractivity contribution is 5.80. The molecule has 1 aliphatic heterocycles. The van der Waals surface area contributed by atoms with Crippen LogP contribution in [-0.2, 0) is 4.79 Å². The summed E-state index contributed by atoms with van der Waals surface area (Å²) in [5.74, 6) is -0.220. The van der Waals surface area contributed by atoms with Gasteiger partial charge in [-0.1, -0.05) is 26.7 Å². The minimum absolute atomic E-state index is 0.197. The van der Waals surface area contributed by atoms with Crippen LogP contribution in [-0.4, -0.2) is 42.5 Å². The predicted molar refractivity (Wildman–Crippen MR) is 75.4 cm³/mol. The van der Waals surface area contributed by atoms with Gasteiger partial charge in [0, 0.05) is 12.6 Å². The van der Waals surface area contributed by atoms with Gasteiger partial charge in [-0.3, -0.25) is 9.69 Å². The molecule has 2 unspecified atom stereocenters. The molecule has 4 nitrogen and oxygen atoms in total. The Morgan fingerprint density at radius 2 is 2.17 bits per heavy atom. The summed E-state index contributed by atoms with van der Waals surface area (Å²) in [5.41, 5.74) is 5.49. The highest BCUT2D eigenvalue weighted by Gasteiger charge is 2.24. The van der Waals surface area contributed by atoms with Gasteiger partial charge >= 0.3 is 0 Å². The van der Waals surface area contributed by atoms with E-state index in [9.17, 15) is 4.79 Å². The molecule has 4 heteroatoms. The average molecular weight is 255 g/mol. The van der Waals surface area contributed by atoms with Crippen molar-refractivity contribution in [1.29, 1.82) is 0 Å². The first-order valence-corrected chi connectivity index (χ1v) is 7.45. The highest BCUT2D eigenvalue weighted by Crippen LogP contribution is 2.19. The predicted octanol–water partition coefficient (Wildman–Crippen LogP) is 1.49. The average Bonchev–Trinajstić information content (AvgIpc) is 2.58. The van der Waals surface area contributed by atoms with Crippen molar-refractivity contribution >= 4 is 5.91 Å². The lowest BCUT2D eigenvalue weighted by Gasteiger charge is -2.32. The second-order valence-corrected chi connectivity index (χ2v) is 5.32. The zero-order valence-electron chi connectivity index (χ0n) is 12.0. The number of carbonyl (C=O) groups excluding carboxylic acids is 1. The fourth-order valence-electron chi connectivity index (χ4n) is 2.75. The van der Waals surface area contributed by atoms with Crippen molar-refractivity contribution < 1.29 is 4.79 Å². The van der Waals surface area contributed by atoms with Gasteiger partial charge in [0.2, 0.25) is 5.91 Å². The summed E-state index contributed by atoms with van der Waals surface area (Å²) in [4.78, 5) is 14.0. The monoisotopic (exact) mass is 255 g/mol. The molecule has 0 aromatic heterocycles. The third kappa shape index (κ3) is 4.94. The summed E-state index contributed by atoms with van der Waals surface area (Å²) in [6.45, 7) is 7.08. The maximum Gasteiger partial charge on any atom is 0.235 e. The molecule has 0 saturated carbocycles.